The Morgan fingerprint density at radius 1 is 1.04 bits per heavy atom. The molecule has 150 valence electrons. The lowest BCUT2D eigenvalue weighted by Crippen LogP contribution is -2.66. The smallest absolute Gasteiger partial charge is 0.334 e. The predicted octanol–water partition coefficient (Wildman–Crippen LogP) is 4.60. The Balaban J connectivity index is 2.13. The number of rotatable bonds is 8. The minimum absolute atomic E-state index is 0.566. The average molecular weight is 397 g/mol. The van der Waals surface area contributed by atoms with Crippen LogP contribution in [0.2, 0.25) is 6.04 Å². The van der Waals surface area contributed by atoms with Crippen molar-refractivity contribution in [3.63, 3.8) is 0 Å². The highest BCUT2D eigenvalue weighted by molar-refractivity contribution is 6.97. The molecule has 28 heavy (non-hydrogen) atoms. The van der Waals surface area contributed by atoms with E-state index in [1.165, 1.54) is 10.4 Å². The molecule has 0 heterocycles. The molecular weight excluding hydrogens is 364 g/mol. The van der Waals surface area contributed by atoms with Gasteiger partial charge in [-0.15, -0.1) is 0 Å². The Morgan fingerprint density at radius 2 is 1.54 bits per heavy atom. The quantitative estimate of drug-likeness (QED) is 0.664. The van der Waals surface area contributed by atoms with Gasteiger partial charge in [0, 0.05) is 0 Å². The van der Waals surface area contributed by atoms with Gasteiger partial charge in [-0.2, -0.15) is 0 Å². The van der Waals surface area contributed by atoms with Gasteiger partial charge >= 0.3 is 5.97 Å². The fraction of sp³-hybridized carbons (Fsp3) is 0.458. The van der Waals surface area contributed by atoms with Gasteiger partial charge in [0.05, 0.1) is 0 Å². The van der Waals surface area contributed by atoms with Crippen molar-refractivity contribution in [3.05, 3.63) is 60.7 Å². The number of carbonyl (C=O) groups is 1. The van der Waals surface area contributed by atoms with Gasteiger partial charge in [-0.25, -0.2) is 4.79 Å². The Labute approximate surface area is 169 Å². The Bertz CT molecular complexity index is 712. The normalized spacial score (nSPS) is 22.7. The van der Waals surface area contributed by atoms with Gasteiger partial charge in [-0.3, -0.25) is 0 Å². The van der Waals surface area contributed by atoms with Crippen LogP contribution in [0.25, 0.3) is 0 Å². The van der Waals surface area contributed by atoms with Crippen LogP contribution in [0.3, 0.4) is 0 Å². The summed E-state index contributed by atoms with van der Waals surface area (Å²) in [5, 5.41) is 12.6. The van der Waals surface area contributed by atoms with Crippen molar-refractivity contribution >= 4 is 24.7 Å². The highest BCUT2D eigenvalue weighted by Crippen LogP contribution is 2.38. The van der Waals surface area contributed by atoms with E-state index in [-0.39, 0.29) is 0 Å². The number of hydrogen-bond acceptors (Lipinski definition) is 2. The summed E-state index contributed by atoms with van der Waals surface area (Å²) in [6, 6.07) is 21.7. The van der Waals surface area contributed by atoms with E-state index in [2.05, 4.69) is 38.1 Å². The molecule has 3 nitrogen and oxygen atoms in total. The van der Waals surface area contributed by atoms with Crippen molar-refractivity contribution in [1.82, 2.24) is 0 Å². The molecule has 0 aromatic heterocycles. The number of hydrogen-bond donors (Lipinski definition) is 1. The van der Waals surface area contributed by atoms with E-state index in [1.807, 2.05) is 36.4 Å². The second-order valence-electron chi connectivity index (χ2n) is 8.25. The van der Waals surface area contributed by atoms with E-state index >= 15 is 0 Å². The Morgan fingerprint density at radius 3 is 1.96 bits per heavy atom. The van der Waals surface area contributed by atoms with Crippen molar-refractivity contribution < 1.29 is 14.3 Å². The van der Waals surface area contributed by atoms with Crippen molar-refractivity contribution in [2.75, 3.05) is 0 Å². The number of carboxylic acids is 1. The second kappa shape index (κ2) is 9.06. The van der Waals surface area contributed by atoms with E-state index in [0.717, 1.165) is 31.7 Å². The minimum atomic E-state index is -2.69. The minimum Gasteiger partial charge on any atom is -0.479 e. The van der Waals surface area contributed by atoms with E-state index in [4.69, 9.17) is 4.43 Å². The van der Waals surface area contributed by atoms with Crippen LogP contribution in [0.5, 0.6) is 0 Å². The number of unbranched alkanes of at least 4 members (excludes halogenated alkanes) is 1. The maximum absolute atomic E-state index is 12.5. The number of benzene rings is 2. The summed E-state index contributed by atoms with van der Waals surface area (Å²) in [5.41, 5.74) is -1.07. The zero-order valence-corrected chi connectivity index (χ0v) is 18.1. The summed E-state index contributed by atoms with van der Waals surface area (Å²) in [6.45, 7) is 4.40. The van der Waals surface area contributed by atoms with Crippen LogP contribution < -0.4 is 10.4 Å². The molecule has 0 saturated heterocycles. The third kappa shape index (κ3) is 4.23. The fourth-order valence-corrected chi connectivity index (χ4v) is 8.91. The maximum Gasteiger partial charge on any atom is 0.334 e. The molecule has 0 spiro atoms. The first kappa shape index (κ1) is 20.8. The number of aliphatic carboxylic acids is 1. The lowest BCUT2D eigenvalue weighted by atomic mass is 9.80. The molecule has 0 radical (unpaired) electrons. The summed E-state index contributed by atoms with van der Waals surface area (Å²) in [7, 11) is -2.69. The molecule has 1 fully saturated rings. The SMILES string of the molecule is CCCC[Si](OC1(C(=O)O)CCC(C)CC1)(c1ccccc1)c1ccccc1. The molecule has 2 aromatic rings. The van der Waals surface area contributed by atoms with Crippen molar-refractivity contribution in [3.8, 4) is 0 Å². The first-order valence-electron chi connectivity index (χ1n) is 10.6. The van der Waals surface area contributed by atoms with Gasteiger partial charge in [-0.1, -0.05) is 87.4 Å². The van der Waals surface area contributed by atoms with E-state index < -0.39 is 19.9 Å². The fourth-order valence-electron chi connectivity index (χ4n) is 4.39. The van der Waals surface area contributed by atoms with Gasteiger partial charge in [0.15, 0.2) is 5.60 Å². The predicted molar refractivity (Wildman–Crippen MR) is 117 cm³/mol. The average Bonchev–Trinajstić information content (AvgIpc) is 2.74. The van der Waals surface area contributed by atoms with Gasteiger partial charge in [0.1, 0.15) is 0 Å². The molecule has 1 aliphatic carbocycles. The molecule has 1 saturated carbocycles. The van der Waals surface area contributed by atoms with Gasteiger partial charge in [-0.05, 0) is 48.0 Å². The summed E-state index contributed by atoms with van der Waals surface area (Å²) in [4.78, 5) is 12.5. The lowest BCUT2D eigenvalue weighted by Gasteiger charge is -2.44. The molecule has 0 aliphatic heterocycles. The Hall–Kier alpha value is -1.91. The molecular formula is C24H32O3Si. The first-order chi connectivity index (χ1) is 13.5. The summed E-state index contributed by atoms with van der Waals surface area (Å²) in [6.07, 6.45) is 5.12. The van der Waals surface area contributed by atoms with Gasteiger partial charge < -0.3 is 9.53 Å². The molecule has 0 amide bonds. The topological polar surface area (TPSA) is 46.5 Å². The van der Waals surface area contributed by atoms with Crippen LogP contribution in [0, 0.1) is 5.92 Å². The zero-order chi connectivity index (χ0) is 20.0. The monoisotopic (exact) mass is 396 g/mol. The second-order valence-corrected chi connectivity index (χ2v) is 11.8. The zero-order valence-electron chi connectivity index (χ0n) is 17.1. The van der Waals surface area contributed by atoms with Crippen LogP contribution in [-0.4, -0.2) is 25.0 Å². The molecule has 1 aliphatic rings. The van der Waals surface area contributed by atoms with Crippen LogP contribution >= 0.6 is 0 Å². The van der Waals surface area contributed by atoms with E-state index in [9.17, 15) is 9.90 Å². The molecule has 1 N–H and O–H groups in total. The Kier molecular flexibility index (Phi) is 6.73. The van der Waals surface area contributed by atoms with Crippen molar-refractivity contribution in [2.45, 2.75) is 64.0 Å². The molecule has 3 rings (SSSR count). The standard InChI is InChI=1S/C24H32O3Si/c1-3-4-19-28(21-11-7-5-8-12-21,22-13-9-6-10-14-22)27-24(23(25)26)17-15-20(2)16-18-24/h5-14,20H,3-4,15-19H2,1-2H3,(H,25,26). The lowest BCUT2D eigenvalue weighted by molar-refractivity contribution is -0.159. The largest absolute Gasteiger partial charge is 0.479 e. The summed E-state index contributed by atoms with van der Waals surface area (Å²) >= 11 is 0. The molecule has 2 aromatic carbocycles. The van der Waals surface area contributed by atoms with Crippen LogP contribution in [0.1, 0.15) is 52.4 Å². The summed E-state index contributed by atoms with van der Waals surface area (Å²) in [5.74, 6) is -0.226. The third-order valence-electron chi connectivity index (χ3n) is 6.20. The van der Waals surface area contributed by atoms with E-state index in [1.54, 1.807) is 0 Å². The van der Waals surface area contributed by atoms with Crippen molar-refractivity contribution in [2.24, 2.45) is 5.92 Å². The summed E-state index contributed by atoms with van der Waals surface area (Å²) < 4.78 is 6.99. The number of carboxylic acid groups (broad SMARTS) is 1. The molecule has 0 bridgehead atoms. The van der Waals surface area contributed by atoms with Gasteiger partial charge in [0.25, 0.3) is 8.32 Å². The van der Waals surface area contributed by atoms with E-state index in [0.29, 0.717) is 18.8 Å². The van der Waals surface area contributed by atoms with Crippen molar-refractivity contribution in [1.29, 1.82) is 0 Å². The van der Waals surface area contributed by atoms with Crippen LogP contribution in [0.4, 0.5) is 0 Å². The van der Waals surface area contributed by atoms with Crippen LogP contribution in [0.15, 0.2) is 60.7 Å². The first-order valence-corrected chi connectivity index (χ1v) is 12.7. The molecule has 0 unspecified atom stereocenters. The molecule has 0 atom stereocenters. The van der Waals surface area contributed by atoms with Crippen LogP contribution in [-0.2, 0) is 9.22 Å². The van der Waals surface area contributed by atoms with Gasteiger partial charge in [0.2, 0.25) is 0 Å². The highest BCUT2D eigenvalue weighted by atomic mass is 28.4. The maximum atomic E-state index is 12.5. The molecule has 4 heteroatoms. The highest BCUT2D eigenvalue weighted by Gasteiger charge is 2.51. The third-order valence-corrected chi connectivity index (χ3v) is 10.5.